The average molecular weight is 323 g/mol. The topological polar surface area (TPSA) is 85.3 Å². The summed E-state index contributed by atoms with van der Waals surface area (Å²) in [6.45, 7) is 0. The van der Waals surface area contributed by atoms with Crippen molar-refractivity contribution in [3.05, 3.63) is 51.8 Å². The van der Waals surface area contributed by atoms with Gasteiger partial charge in [0.2, 0.25) is 0 Å². The van der Waals surface area contributed by atoms with E-state index in [1.54, 1.807) is 25.2 Å². The molecule has 3 N–H and O–H groups in total. The smallest absolute Gasteiger partial charge is 0.352 e. The molecule has 2 rings (SSSR count). The van der Waals surface area contributed by atoms with Gasteiger partial charge in [-0.3, -0.25) is 4.79 Å². The van der Waals surface area contributed by atoms with Crippen molar-refractivity contribution in [3.8, 4) is 0 Å². The minimum Gasteiger partial charge on any atom is -0.477 e. The molecule has 1 aromatic carbocycles. The van der Waals surface area contributed by atoms with Crippen molar-refractivity contribution < 1.29 is 14.7 Å². The number of nitrogens with zero attached hydrogens (tertiary/aromatic N) is 1. The molecule has 0 bridgehead atoms. The number of carboxylic acids is 1. The van der Waals surface area contributed by atoms with E-state index < -0.39 is 5.97 Å². The normalized spacial score (nSPS) is 10.4. The number of carbonyl (C=O) groups excluding carboxylic acids is 1. The summed E-state index contributed by atoms with van der Waals surface area (Å²) in [6.07, 6.45) is 1.49. The van der Waals surface area contributed by atoms with Gasteiger partial charge in [0, 0.05) is 34.5 Å². The molecule has 0 aliphatic heterocycles. The van der Waals surface area contributed by atoms with E-state index in [4.69, 9.17) is 10.8 Å². The summed E-state index contributed by atoms with van der Waals surface area (Å²) in [5, 5.41) is 8.96. The molecule has 1 aromatic heterocycles. The Labute approximate surface area is 117 Å². The van der Waals surface area contributed by atoms with Gasteiger partial charge in [-0.25, -0.2) is 4.79 Å². The van der Waals surface area contributed by atoms with Crippen LogP contribution >= 0.6 is 15.9 Å². The van der Waals surface area contributed by atoms with Gasteiger partial charge in [-0.15, -0.1) is 0 Å². The van der Waals surface area contributed by atoms with Gasteiger partial charge in [0.15, 0.2) is 5.78 Å². The first kappa shape index (κ1) is 13.4. The molecule has 0 spiro atoms. The maximum absolute atomic E-state index is 12.3. The molecule has 0 fully saturated rings. The number of aromatic nitrogens is 1. The third kappa shape index (κ3) is 2.68. The molecule has 6 heteroatoms. The molecule has 0 atom stereocenters. The van der Waals surface area contributed by atoms with Gasteiger partial charge < -0.3 is 15.4 Å². The summed E-state index contributed by atoms with van der Waals surface area (Å²) in [6, 6.07) is 6.24. The number of aryl methyl sites for hydroxylation is 1. The van der Waals surface area contributed by atoms with Crippen molar-refractivity contribution in [2.75, 3.05) is 5.73 Å². The van der Waals surface area contributed by atoms with Crippen LogP contribution in [0.3, 0.4) is 0 Å². The van der Waals surface area contributed by atoms with E-state index in [-0.39, 0.29) is 11.5 Å². The number of nitrogen functional groups attached to an aromatic ring is 1. The molecular weight excluding hydrogens is 312 g/mol. The Morgan fingerprint density at radius 2 is 1.89 bits per heavy atom. The Balaban J connectivity index is 2.44. The van der Waals surface area contributed by atoms with Gasteiger partial charge in [0.25, 0.3) is 0 Å². The maximum Gasteiger partial charge on any atom is 0.352 e. The minimum atomic E-state index is -1.07. The van der Waals surface area contributed by atoms with Crippen molar-refractivity contribution in [2.24, 2.45) is 7.05 Å². The number of anilines is 1. The summed E-state index contributed by atoms with van der Waals surface area (Å²) < 4.78 is 2.10. The van der Waals surface area contributed by atoms with E-state index in [1.807, 2.05) is 0 Å². The highest BCUT2D eigenvalue weighted by molar-refractivity contribution is 9.10. The number of carboxylic acid groups (broad SMARTS) is 1. The van der Waals surface area contributed by atoms with E-state index in [2.05, 4.69) is 15.9 Å². The summed E-state index contributed by atoms with van der Waals surface area (Å²) in [5.74, 6) is -1.34. The highest BCUT2D eigenvalue weighted by Gasteiger charge is 2.16. The van der Waals surface area contributed by atoms with Crippen LogP contribution in [0.4, 0.5) is 5.69 Å². The molecule has 0 radical (unpaired) electrons. The molecule has 98 valence electrons. The number of ketones is 1. The zero-order valence-electron chi connectivity index (χ0n) is 10.1. The molecule has 0 saturated heterocycles. The molecule has 0 saturated carbocycles. The molecule has 1 heterocycles. The number of rotatable bonds is 3. The lowest BCUT2D eigenvalue weighted by molar-refractivity contribution is 0.0686. The first-order valence-electron chi connectivity index (χ1n) is 5.39. The van der Waals surface area contributed by atoms with Crippen LogP contribution in [0.2, 0.25) is 0 Å². The van der Waals surface area contributed by atoms with Crippen molar-refractivity contribution >= 4 is 33.4 Å². The van der Waals surface area contributed by atoms with E-state index >= 15 is 0 Å². The fraction of sp³-hybridized carbons (Fsp3) is 0.0769. The summed E-state index contributed by atoms with van der Waals surface area (Å²) in [7, 11) is 1.58. The van der Waals surface area contributed by atoms with Gasteiger partial charge in [-0.05, 0) is 24.3 Å². The standard InChI is InChI=1S/C13H11BrN2O3/c1-16-6-8(4-11(16)13(18)19)12(17)7-2-9(14)5-10(15)3-7/h2-6H,15H2,1H3,(H,18,19). The second-order valence-electron chi connectivity index (χ2n) is 4.13. The maximum atomic E-state index is 12.3. The first-order valence-corrected chi connectivity index (χ1v) is 6.18. The third-order valence-electron chi connectivity index (χ3n) is 2.67. The second-order valence-corrected chi connectivity index (χ2v) is 5.05. The minimum absolute atomic E-state index is 0.0614. The fourth-order valence-corrected chi connectivity index (χ4v) is 2.32. The zero-order chi connectivity index (χ0) is 14.2. The molecular formula is C13H11BrN2O3. The fourth-order valence-electron chi connectivity index (χ4n) is 1.81. The number of nitrogens with two attached hydrogens (primary N) is 1. The highest BCUT2D eigenvalue weighted by Crippen LogP contribution is 2.20. The quantitative estimate of drug-likeness (QED) is 0.670. The van der Waals surface area contributed by atoms with Crippen LogP contribution in [0, 0.1) is 0 Å². The van der Waals surface area contributed by atoms with Crippen LogP contribution in [0.5, 0.6) is 0 Å². The van der Waals surface area contributed by atoms with E-state index in [1.165, 1.54) is 16.8 Å². The van der Waals surface area contributed by atoms with Crippen molar-refractivity contribution in [1.29, 1.82) is 0 Å². The number of benzene rings is 1. The lowest BCUT2D eigenvalue weighted by Crippen LogP contribution is -2.02. The van der Waals surface area contributed by atoms with E-state index in [0.717, 1.165) is 0 Å². The lowest BCUT2D eigenvalue weighted by atomic mass is 10.1. The zero-order valence-corrected chi connectivity index (χ0v) is 11.6. The van der Waals surface area contributed by atoms with Crippen LogP contribution in [-0.4, -0.2) is 21.4 Å². The Bertz CT molecular complexity index is 656. The van der Waals surface area contributed by atoms with E-state index in [0.29, 0.717) is 21.3 Å². The summed E-state index contributed by atoms with van der Waals surface area (Å²) in [5.41, 5.74) is 6.93. The number of hydrogen-bond acceptors (Lipinski definition) is 3. The largest absolute Gasteiger partial charge is 0.477 e. The van der Waals surface area contributed by atoms with Crippen LogP contribution in [-0.2, 0) is 7.05 Å². The summed E-state index contributed by atoms with van der Waals surface area (Å²) in [4.78, 5) is 23.2. The van der Waals surface area contributed by atoms with E-state index in [9.17, 15) is 9.59 Å². The van der Waals surface area contributed by atoms with Crippen molar-refractivity contribution in [1.82, 2.24) is 4.57 Å². The van der Waals surface area contributed by atoms with Gasteiger partial charge in [-0.1, -0.05) is 15.9 Å². The molecule has 0 amide bonds. The molecule has 0 aliphatic carbocycles. The molecule has 19 heavy (non-hydrogen) atoms. The predicted molar refractivity (Wildman–Crippen MR) is 74.4 cm³/mol. The molecule has 5 nitrogen and oxygen atoms in total. The van der Waals surface area contributed by atoms with Gasteiger partial charge in [0.05, 0.1) is 0 Å². The van der Waals surface area contributed by atoms with Crippen molar-refractivity contribution in [3.63, 3.8) is 0 Å². The SMILES string of the molecule is Cn1cc(C(=O)c2cc(N)cc(Br)c2)cc1C(=O)O. The Hall–Kier alpha value is -2.08. The van der Waals surface area contributed by atoms with Gasteiger partial charge in [0.1, 0.15) is 5.69 Å². The van der Waals surface area contributed by atoms with Crippen LogP contribution in [0.15, 0.2) is 34.9 Å². The number of halogens is 1. The van der Waals surface area contributed by atoms with Crippen LogP contribution in [0.1, 0.15) is 26.4 Å². The lowest BCUT2D eigenvalue weighted by Gasteiger charge is -2.01. The highest BCUT2D eigenvalue weighted by atomic mass is 79.9. The second kappa shape index (κ2) is 4.89. The van der Waals surface area contributed by atoms with Crippen molar-refractivity contribution in [2.45, 2.75) is 0 Å². The molecule has 0 aliphatic rings. The number of hydrogen-bond donors (Lipinski definition) is 2. The number of aromatic carboxylic acids is 1. The van der Waals surface area contributed by atoms with Crippen LogP contribution in [0.25, 0.3) is 0 Å². The Morgan fingerprint density at radius 3 is 2.42 bits per heavy atom. The molecule has 2 aromatic rings. The Kier molecular flexibility index (Phi) is 3.44. The molecule has 0 unspecified atom stereocenters. The van der Waals surface area contributed by atoms with Crippen LogP contribution < -0.4 is 5.73 Å². The predicted octanol–water partition coefficient (Wildman–Crippen LogP) is 2.30. The monoisotopic (exact) mass is 322 g/mol. The van der Waals surface area contributed by atoms with Gasteiger partial charge in [-0.2, -0.15) is 0 Å². The number of carbonyl (C=O) groups is 2. The average Bonchev–Trinajstić information content (AvgIpc) is 2.69. The summed E-state index contributed by atoms with van der Waals surface area (Å²) >= 11 is 3.27. The third-order valence-corrected chi connectivity index (χ3v) is 3.13. The van der Waals surface area contributed by atoms with Gasteiger partial charge >= 0.3 is 5.97 Å². The Morgan fingerprint density at radius 1 is 1.21 bits per heavy atom. The first-order chi connectivity index (χ1) is 8.88.